The highest BCUT2D eigenvalue weighted by Gasteiger charge is 2.06. The van der Waals surface area contributed by atoms with E-state index in [2.05, 4.69) is 15.4 Å². The van der Waals surface area contributed by atoms with Gasteiger partial charge < -0.3 is 15.6 Å². The molecule has 0 saturated carbocycles. The van der Waals surface area contributed by atoms with Crippen molar-refractivity contribution in [3.05, 3.63) is 30.5 Å². The molecule has 96 valence electrons. The fraction of sp³-hybridized carbons (Fsp3) is 0.364. The summed E-state index contributed by atoms with van der Waals surface area (Å²) in [5, 5.41) is 6.82. The summed E-state index contributed by atoms with van der Waals surface area (Å²) in [5.41, 5.74) is 6.60. The summed E-state index contributed by atoms with van der Waals surface area (Å²) in [6.07, 6.45) is 7.27. The molecular formula is C11H16N6O. The van der Waals surface area contributed by atoms with E-state index in [9.17, 15) is 4.79 Å². The van der Waals surface area contributed by atoms with Gasteiger partial charge in [-0.1, -0.05) is 0 Å². The number of amides is 1. The number of anilines is 1. The Bertz CT molecular complexity index is 516. The molecule has 0 atom stereocenters. The first-order valence-corrected chi connectivity index (χ1v) is 5.65. The maximum atomic E-state index is 11.6. The molecule has 2 rings (SSSR count). The number of nitrogens with two attached hydrogens (primary N) is 1. The van der Waals surface area contributed by atoms with Crippen molar-refractivity contribution >= 4 is 11.7 Å². The minimum atomic E-state index is -0.0213. The third-order valence-corrected chi connectivity index (χ3v) is 2.70. The SMILES string of the molecule is Cn1ncc(CNC(=O)CCn2ccnc2)c1N. The molecule has 0 spiro atoms. The van der Waals surface area contributed by atoms with Crippen LogP contribution in [0.4, 0.5) is 5.82 Å². The van der Waals surface area contributed by atoms with Gasteiger partial charge in [-0.25, -0.2) is 4.98 Å². The first-order chi connectivity index (χ1) is 8.66. The molecule has 0 bridgehead atoms. The van der Waals surface area contributed by atoms with Gasteiger partial charge in [-0.2, -0.15) is 5.10 Å². The molecule has 3 N–H and O–H groups in total. The minimum Gasteiger partial charge on any atom is -0.384 e. The van der Waals surface area contributed by atoms with Crippen molar-refractivity contribution in [1.29, 1.82) is 0 Å². The normalized spacial score (nSPS) is 10.5. The largest absolute Gasteiger partial charge is 0.384 e. The second-order valence-corrected chi connectivity index (χ2v) is 4.01. The molecule has 0 aromatic carbocycles. The minimum absolute atomic E-state index is 0.0213. The topological polar surface area (TPSA) is 90.8 Å². The Morgan fingerprint density at radius 3 is 3.00 bits per heavy atom. The third-order valence-electron chi connectivity index (χ3n) is 2.70. The standard InChI is InChI=1S/C11H16N6O/c1-16-11(12)9(7-15-16)6-14-10(18)2-4-17-5-3-13-8-17/h3,5,7-8H,2,4,6,12H2,1H3,(H,14,18). The molecule has 0 saturated heterocycles. The van der Waals surface area contributed by atoms with Crippen LogP contribution in [0.3, 0.4) is 0 Å². The van der Waals surface area contributed by atoms with E-state index in [0.29, 0.717) is 25.3 Å². The summed E-state index contributed by atoms with van der Waals surface area (Å²) in [7, 11) is 1.76. The number of carbonyl (C=O) groups excluding carboxylic acids is 1. The number of nitrogens with zero attached hydrogens (tertiary/aromatic N) is 4. The fourth-order valence-corrected chi connectivity index (χ4v) is 1.56. The summed E-state index contributed by atoms with van der Waals surface area (Å²) in [6, 6.07) is 0. The molecule has 7 heteroatoms. The molecule has 2 aromatic rings. The van der Waals surface area contributed by atoms with Crippen molar-refractivity contribution in [1.82, 2.24) is 24.6 Å². The predicted molar refractivity (Wildman–Crippen MR) is 66.3 cm³/mol. The van der Waals surface area contributed by atoms with Crippen LogP contribution < -0.4 is 11.1 Å². The van der Waals surface area contributed by atoms with Gasteiger partial charge in [0, 0.05) is 44.5 Å². The van der Waals surface area contributed by atoms with Gasteiger partial charge in [-0.05, 0) is 0 Å². The molecular weight excluding hydrogens is 232 g/mol. The lowest BCUT2D eigenvalue weighted by Crippen LogP contribution is -2.24. The fourth-order valence-electron chi connectivity index (χ4n) is 1.56. The Balaban J connectivity index is 1.76. The summed E-state index contributed by atoms with van der Waals surface area (Å²) in [5.74, 6) is 0.553. The van der Waals surface area contributed by atoms with Gasteiger partial charge in [0.05, 0.1) is 12.5 Å². The lowest BCUT2D eigenvalue weighted by molar-refractivity contribution is -0.121. The van der Waals surface area contributed by atoms with Crippen LogP contribution in [0.5, 0.6) is 0 Å². The number of rotatable bonds is 5. The van der Waals surface area contributed by atoms with Crippen molar-refractivity contribution in [2.75, 3.05) is 5.73 Å². The van der Waals surface area contributed by atoms with Gasteiger partial charge in [0.25, 0.3) is 0 Å². The number of aryl methyl sites for hydroxylation is 2. The van der Waals surface area contributed by atoms with E-state index in [1.165, 1.54) is 0 Å². The molecule has 18 heavy (non-hydrogen) atoms. The van der Waals surface area contributed by atoms with E-state index in [0.717, 1.165) is 5.56 Å². The van der Waals surface area contributed by atoms with Crippen molar-refractivity contribution < 1.29 is 4.79 Å². The number of hydrogen-bond acceptors (Lipinski definition) is 4. The molecule has 0 aliphatic rings. The summed E-state index contributed by atoms with van der Waals surface area (Å²) >= 11 is 0. The monoisotopic (exact) mass is 248 g/mol. The van der Waals surface area contributed by atoms with E-state index in [1.807, 2.05) is 10.8 Å². The van der Waals surface area contributed by atoms with Crippen molar-refractivity contribution in [3.8, 4) is 0 Å². The highest BCUT2D eigenvalue weighted by molar-refractivity contribution is 5.75. The molecule has 1 amide bonds. The molecule has 0 aliphatic carbocycles. The van der Waals surface area contributed by atoms with Crippen LogP contribution in [0, 0.1) is 0 Å². The summed E-state index contributed by atoms with van der Waals surface area (Å²) in [4.78, 5) is 15.5. The maximum absolute atomic E-state index is 11.6. The van der Waals surface area contributed by atoms with Gasteiger partial charge in [0.1, 0.15) is 5.82 Å². The van der Waals surface area contributed by atoms with Crippen molar-refractivity contribution in [2.45, 2.75) is 19.5 Å². The van der Waals surface area contributed by atoms with Crippen molar-refractivity contribution in [3.63, 3.8) is 0 Å². The first kappa shape index (κ1) is 12.2. The first-order valence-electron chi connectivity index (χ1n) is 5.65. The second kappa shape index (κ2) is 5.35. The number of nitrogens with one attached hydrogen (secondary N) is 1. The molecule has 2 heterocycles. The van der Waals surface area contributed by atoms with E-state index in [-0.39, 0.29) is 5.91 Å². The van der Waals surface area contributed by atoms with Crippen LogP contribution in [0.2, 0.25) is 0 Å². The summed E-state index contributed by atoms with van der Waals surface area (Å²) in [6.45, 7) is 1.02. The number of nitrogen functional groups attached to an aromatic ring is 1. The molecule has 0 aliphatic heterocycles. The van der Waals surface area contributed by atoms with E-state index in [1.54, 1.807) is 30.5 Å². The lowest BCUT2D eigenvalue weighted by atomic mass is 10.3. The quantitative estimate of drug-likeness (QED) is 0.773. The smallest absolute Gasteiger partial charge is 0.222 e. The van der Waals surface area contributed by atoms with Crippen LogP contribution in [0.15, 0.2) is 24.9 Å². The number of carbonyl (C=O) groups is 1. The van der Waals surface area contributed by atoms with Gasteiger partial charge in [0.2, 0.25) is 5.91 Å². The molecule has 0 fully saturated rings. The van der Waals surface area contributed by atoms with Gasteiger partial charge in [0.15, 0.2) is 0 Å². The van der Waals surface area contributed by atoms with Crippen LogP contribution >= 0.6 is 0 Å². The molecule has 0 unspecified atom stereocenters. The Hall–Kier alpha value is -2.31. The number of hydrogen-bond donors (Lipinski definition) is 2. The van der Waals surface area contributed by atoms with Gasteiger partial charge in [-0.3, -0.25) is 9.48 Å². The van der Waals surface area contributed by atoms with Crippen LogP contribution in [-0.2, 0) is 24.9 Å². The summed E-state index contributed by atoms with van der Waals surface area (Å²) < 4.78 is 3.44. The van der Waals surface area contributed by atoms with Crippen LogP contribution in [0.1, 0.15) is 12.0 Å². The number of imidazole rings is 1. The maximum Gasteiger partial charge on any atom is 0.222 e. The van der Waals surface area contributed by atoms with Crippen molar-refractivity contribution in [2.24, 2.45) is 7.05 Å². The molecule has 7 nitrogen and oxygen atoms in total. The average Bonchev–Trinajstić information content (AvgIpc) is 2.97. The third kappa shape index (κ3) is 2.88. The Kier molecular flexibility index (Phi) is 3.61. The van der Waals surface area contributed by atoms with E-state index < -0.39 is 0 Å². The zero-order valence-electron chi connectivity index (χ0n) is 10.2. The Morgan fingerprint density at radius 2 is 2.39 bits per heavy atom. The van der Waals surface area contributed by atoms with E-state index >= 15 is 0 Å². The highest BCUT2D eigenvalue weighted by atomic mass is 16.1. The Labute approximate surface area is 105 Å². The Morgan fingerprint density at radius 1 is 1.56 bits per heavy atom. The zero-order valence-corrected chi connectivity index (χ0v) is 10.2. The van der Waals surface area contributed by atoms with Crippen LogP contribution in [-0.4, -0.2) is 25.2 Å². The molecule has 0 radical (unpaired) electrons. The molecule has 2 aromatic heterocycles. The van der Waals surface area contributed by atoms with Crippen LogP contribution in [0.25, 0.3) is 0 Å². The van der Waals surface area contributed by atoms with E-state index in [4.69, 9.17) is 5.73 Å². The number of aromatic nitrogens is 4. The highest BCUT2D eigenvalue weighted by Crippen LogP contribution is 2.08. The lowest BCUT2D eigenvalue weighted by Gasteiger charge is -2.05. The van der Waals surface area contributed by atoms with Gasteiger partial charge in [-0.15, -0.1) is 0 Å². The zero-order chi connectivity index (χ0) is 13.0. The second-order valence-electron chi connectivity index (χ2n) is 4.01. The average molecular weight is 248 g/mol. The van der Waals surface area contributed by atoms with Gasteiger partial charge >= 0.3 is 0 Å². The predicted octanol–water partition coefficient (Wildman–Crippen LogP) is -0.0947.